The number of rotatable bonds is 7. The van der Waals surface area contributed by atoms with Crippen LogP contribution in [0.15, 0.2) is 47.2 Å². The van der Waals surface area contributed by atoms with Crippen LogP contribution >= 0.6 is 0 Å². The van der Waals surface area contributed by atoms with Gasteiger partial charge in [0.25, 0.3) is 0 Å². The van der Waals surface area contributed by atoms with Crippen molar-refractivity contribution < 1.29 is 4.52 Å². The van der Waals surface area contributed by atoms with Crippen LogP contribution in [0.1, 0.15) is 35.9 Å². The predicted molar refractivity (Wildman–Crippen MR) is 108 cm³/mol. The Morgan fingerprint density at radius 2 is 2.10 bits per heavy atom. The molecule has 0 saturated heterocycles. The monoisotopic (exact) mass is 388 g/mol. The number of nitrogens with zero attached hydrogens (tertiary/aromatic N) is 5. The summed E-state index contributed by atoms with van der Waals surface area (Å²) in [6.07, 6.45) is 5.93. The van der Waals surface area contributed by atoms with E-state index in [0.717, 1.165) is 22.8 Å². The fourth-order valence-corrected chi connectivity index (χ4v) is 3.06. The van der Waals surface area contributed by atoms with E-state index in [9.17, 15) is 0 Å². The highest BCUT2D eigenvalue weighted by Gasteiger charge is 2.25. The van der Waals surface area contributed by atoms with Crippen LogP contribution < -0.4 is 10.6 Å². The highest BCUT2D eigenvalue weighted by Crippen LogP contribution is 2.39. The van der Waals surface area contributed by atoms with Crippen LogP contribution in [-0.4, -0.2) is 30.3 Å². The lowest BCUT2D eigenvalue weighted by molar-refractivity contribution is 0.390. The van der Waals surface area contributed by atoms with Crippen LogP contribution in [0.4, 0.5) is 17.6 Å². The third-order valence-corrected chi connectivity index (χ3v) is 4.66. The van der Waals surface area contributed by atoms with E-state index in [2.05, 4.69) is 40.9 Å². The third-order valence-electron chi connectivity index (χ3n) is 4.66. The lowest BCUT2D eigenvalue weighted by Gasteiger charge is -2.07. The molecule has 1 aliphatic carbocycles. The van der Waals surface area contributed by atoms with Crippen LogP contribution in [0.25, 0.3) is 11.3 Å². The minimum absolute atomic E-state index is 0.421. The molecule has 29 heavy (non-hydrogen) atoms. The molecule has 1 aliphatic rings. The Morgan fingerprint density at radius 1 is 1.17 bits per heavy atom. The number of aromatic amines is 1. The molecule has 146 valence electrons. The van der Waals surface area contributed by atoms with Crippen LogP contribution in [0.3, 0.4) is 0 Å². The second-order valence-electron chi connectivity index (χ2n) is 7.10. The number of aromatic nitrogens is 6. The van der Waals surface area contributed by atoms with Crippen LogP contribution in [0.2, 0.25) is 0 Å². The molecule has 0 bridgehead atoms. The Labute approximate surface area is 167 Å². The maximum atomic E-state index is 5.40. The molecule has 9 nitrogen and oxygen atoms in total. The third kappa shape index (κ3) is 4.08. The van der Waals surface area contributed by atoms with Gasteiger partial charge in [-0.1, -0.05) is 5.16 Å². The SMILES string of the molecule is Cc1cc(Nc2cc(C3CC3)[nH]n2)nc(NCc2cc(-c3cccnc3)no2)n1. The average Bonchev–Trinajstić information content (AvgIpc) is 3.29. The van der Waals surface area contributed by atoms with Crippen LogP contribution in [0, 0.1) is 6.92 Å². The van der Waals surface area contributed by atoms with Gasteiger partial charge < -0.3 is 15.2 Å². The Balaban J connectivity index is 1.26. The number of aryl methyl sites for hydroxylation is 1. The second-order valence-corrected chi connectivity index (χ2v) is 7.10. The molecule has 0 atom stereocenters. The maximum Gasteiger partial charge on any atom is 0.225 e. The van der Waals surface area contributed by atoms with Crippen molar-refractivity contribution in [2.45, 2.75) is 32.2 Å². The van der Waals surface area contributed by atoms with E-state index >= 15 is 0 Å². The first-order chi connectivity index (χ1) is 14.2. The largest absolute Gasteiger partial charge is 0.359 e. The molecule has 3 N–H and O–H groups in total. The zero-order valence-corrected chi connectivity index (χ0v) is 15.9. The quantitative estimate of drug-likeness (QED) is 0.438. The number of anilines is 3. The molecule has 0 amide bonds. The van der Waals surface area contributed by atoms with E-state index in [-0.39, 0.29) is 0 Å². The lowest BCUT2D eigenvalue weighted by Crippen LogP contribution is -2.06. The summed E-state index contributed by atoms with van der Waals surface area (Å²) in [4.78, 5) is 13.1. The molecule has 4 heterocycles. The van der Waals surface area contributed by atoms with Gasteiger partial charge in [0.05, 0.1) is 6.54 Å². The first kappa shape index (κ1) is 17.4. The molecule has 4 aromatic heterocycles. The Hall–Kier alpha value is -3.75. The minimum atomic E-state index is 0.421. The number of H-pyrrole nitrogens is 1. The predicted octanol–water partition coefficient (Wildman–Crippen LogP) is 3.79. The van der Waals surface area contributed by atoms with Gasteiger partial charge in [0.2, 0.25) is 5.95 Å². The summed E-state index contributed by atoms with van der Waals surface area (Å²) in [6.45, 7) is 2.34. The van der Waals surface area contributed by atoms with E-state index in [0.29, 0.717) is 30.0 Å². The lowest BCUT2D eigenvalue weighted by atomic mass is 10.2. The average molecular weight is 388 g/mol. The Kier molecular flexibility index (Phi) is 4.39. The molecule has 1 fully saturated rings. The fraction of sp³-hybridized carbons (Fsp3) is 0.250. The van der Waals surface area contributed by atoms with Gasteiger partial charge in [-0.05, 0) is 31.9 Å². The van der Waals surface area contributed by atoms with Crippen molar-refractivity contribution in [1.82, 2.24) is 30.3 Å². The summed E-state index contributed by atoms with van der Waals surface area (Å²) < 4.78 is 5.40. The standard InChI is InChI=1S/C20H20N8O/c1-12-7-18(24-19-9-16(26-27-19)13-4-5-13)25-20(23-12)22-11-15-8-17(28-29-15)14-3-2-6-21-10-14/h2-3,6-10,13H,4-5,11H2,1H3,(H3,22,23,24,25,26,27). The van der Waals surface area contributed by atoms with Crippen molar-refractivity contribution >= 4 is 17.6 Å². The van der Waals surface area contributed by atoms with Gasteiger partial charge >= 0.3 is 0 Å². The van der Waals surface area contributed by atoms with Gasteiger partial charge in [-0.3, -0.25) is 10.1 Å². The van der Waals surface area contributed by atoms with Gasteiger partial charge in [-0.2, -0.15) is 10.1 Å². The molecule has 0 aromatic carbocycles. The number of hydrogen-bond donors (Lipinski definition) is 3. The van der Waals surface area contributed by atoms with Crippen molar-refractivity contribution in [2.24, 2.45) is 0 Å². The summed E-state index contributed by atoms with van der Waals surface area (Å²) in [6, 6.07) is 9.60. The van der Waals surface area contributed by atoms with Crippen LogP contribution in [-0.2, 0) is 6.54 Å². The van der Waals surface area contributed by atoms with E-state index in [1.165, 1.54) is 18.5 Å². The highest BCUT2D eigenvalue weighted by molar-refractivity contribution is 5.57. The van der Waals surface area contributed by atoms with E-state index in [1.807, 2.05) is 37.3 Å². The van der Waals surface area contributed by atoms with Gasteiger partial charge in [-0.25, -0.2) is 4.98 Å². The number of pyridine rings is 1. The number of nitrogens with one attached hydrogen (secondary N) is 3. The molecule has 0 unspecified atom stereocenters. The molecule has 0 radical (unpaired) electrons. The van der Waals surface area contributed by atoms with Crippen molar-refractivity contribution in [2.75, 3.05) is 10.6 Å². The van der Waals surface area contributed by atoms with Gasteiger partial charge in [-0.15, -0.1) is 0 Å². The Bertz CT molecular complexity index is 1120. The molecule has 4 aromatic rings. The Morgan fingerprint density at radius 3 is 2.93 bits per heavy atom. The summed E-state index contributed by atoms with van der Waals surface area (Å²) >= 11 is 0. The zero-order chi connectivity index (χ0) is 19.6. The smallest absolute Gasteiger partial charge is 0.225 e. The molecule has 0 aliphatic heterocycles. The molecule has 9 heteroatoms. The first-order valence-corrected chi connectivity index (χ1v) is 9.51. The van der Waals surface area contributed by atoms with Gasteiger partial charge in [0.15, 0.2) is 11.6 Å². The normalized spacial score (nSPS) is 13.4. The molecule has 1 saturated carbocycles. The van der Waals surface area contributed by atoms with Crippen LogP contribution in [0.5, 0.6) is 0 Å². The zero-order valence-electron chi connectivity index (χ0n) is 15.9. The minimum Gasteiger partial charge on any atom is -0.359 e. The summed E-state index contributed by atoms with van der Waals surface area (Å²) in [5.74, 6) is 3.25. The summed E-state index contributed by atoms with van der Waals surface area (Å²) in [5, 5.41) is 17.9. The van der Waals surface area contributed by atoms with E-state index in [4.69, 9.17) is 4.52 Å². The fourth-order valence-electron chi connectivity index (χ4n) is 3.06. The summed E-state index contributed by atoms with van der Waals surface area (Å²) in [5.41, 5.74) is 3.67. The van der Waals surface area contributed by atoms with E-state index < -0.39 is 0 Å². The van der Waals surface area contributed by atoms with E-state index in [1.54, 1.807) is 12.4 Å². The summed E-state index contributed by atoms with van der Waals surface area (Å²) in [7, 11) is 0. The molecule has 0 spiro atoms. The second kappa shape index (κ2) is 7.34. The van der Waals surface area contributed by atoms with Gasteiger partial charge in [0, 0.05) is 53.5 Å². The number of hydrogen-bond acceptors (Lipinski definition) is 8. The molecular weight excluding hydrogens is 368 g/mol. The van der Waals surface area contributed by atoms with Crippen molar-refractivity contribution in [1.29, 1.82) is 0 Å². The topological polar surface area (TPSA) is 117 Å². The first-order valence-electron chi connectivity index (χ1n) is 9.51. The van der Waals surface area contributed by atoms with Crippen molar-refractivity contribution in [3.05, 3.63) is 59.9 Å². The van der Waals surface area contributed by atoms with Crippen molar-refractivity contribution in [3.8, 4) is 11.3 Å². The molecule has 5 rings (SSSR count). The molecular formula is C20H20N8O. The highest BCUT2D eigenvalue weighted by atomic mass is 16.5. The maximum absolute atomic E-state index is 5.40. The van der Waals surface area contributed by atoms with Crippen molar-refractivity contribution in [3.63, 3.8) is 0 Å². The van der Waals surface area contributed by atoms with Gasteiger partial charge in [0.1, 0.15) is 11.5 Å².